The van der Waals surface area contributed by atoms with Crippen LogP contribution >= 0.6 is 12.4 Å². The van der Waals surface area contributed by atoms with E-state index in [1.54, 1.807) is 12.1 Å². The third-order valence-electron chi connectivity index (χ3n) is 2.91. The predicted octanol–water partition coefficient (Wildman–Crippen LogP) is 3.10. The first-order valence-corrected chi connectivity index (χ1v) is 5.43. The molecule has 1 aliphatic rings. The van der Waals surface area contributed by atoms with Gasteiger partial charge in [0.25, 0.3) is 0 Å². The van der Waals surface area contributed by atoms with Crippen LogP contribution in [0.2, 0.25) is 0 Å². The first kappa shape index (κ1) is 12.6. The molecule has 1 aliphatic heterocycles. The van der Waals surface area contributed by atoms with E-state index in [9.17, 15) is 4.79 Å². The third kappa shape index (κ3) is 1.88. The number of hydrogen-bond acceptors (Lipinski definition) is 3. The van der Waals surface area contributed by atoms with Gasteiger partial charge in [0.05, 0.1) is 11.6 Å². The van der Waals surface area contributed by atoms with Gasteiger partial charge in [0.2, 0.25) is 0 Å². The normalized spacial score (nSPS) is 16.7. The molecular weight excluding hydrogens is 250 g/mol. The Labute approximate surface area is 111 Å². The van der Waals surface area contributed by atoms with Crippen molar-refractivity contribution in [3.63, 3.8) is 0 Å². The molecule has 0 radical (unpaired) electrons. The van der Waals surface area contributed by atoms with E-state index in [0.29, 0.717) is 17.1 Å². The molecule has 0 bridgehead atoms. The van der Waals surface area contributed by atoms with Gasteiger partial charge >= 0.3 is 0 Å². The maximum Gasteiger partial charge on any atom is 0.187 e. The van der Waals surface area contributed by atoms with Gasteiger partial charge in [-0.05, 0) is 18.2 Å². The first-order chi connectivity index (χ1) is 8.27. The Morgan fingerprint density at radius 1 is 0.944 bits per heavy atom. The van der Waals surface area contributed by atoms with Gasteiger partial charge in [-0.2, -0.15) is 0 Å². The zero-order chi connectivity index (χ0) is 11.8. The van der Waals surface area contributed by atoms with E-state index in [-0.39, 0.29) is 18.2 Å². The summed E-state index contributed by atoms with van der Waals surface area (Å²) in [5.41, 5.74) is 7.24. The van der Waals surface area contributed by atoms with Crippen molar-refractivity contribution in [1.29, 1.82) is 0 Å². The molecule has 0 saturated heterocycles. The molecule has 3 rings (SSSR count). The summed E-state index contributed by atoms with van der Waals surface area (Å²) in [6.07, 6.45) is 0. The Balaban J connectivity index is 0.00000120. The van der Waals surface area contributed by atoms with Crippen molar-refractivity contribution in [2.45, 2.75) is 6.04 Å². The fourth-order valence-corrected chi connectivity index (χ4v) is 2.02. The van der Waals surface area contributed by atoms with Crippen LogP contribution in [0.5, 0.6) is 11.5 Å². The van der Waals surface area contributed by atoms with Gasteiger partial charge in [-0.15, -0.1) is 12.4 Å². The van der Waals surface area contributed by atoms with E-state index in [1.807, 2.05) is 36.4 Å². The van der Waals surface area contributed by atoms with Crippen LogP contribution in [0.15, 0.2) is 48.5 Å². The number of Topliss-reactive ketones (excluding diaryl/α,β-unsaturated/α-hetero) is 1. The topological polar surface area (TPSA) is 52.3 Å². The van der Waals surface area contributed by atoms with Crippen LogP contribution in [-0.2, 0) is 0 Å². The van der Waals surface area contributed by atoms with Crippen LogP contribution in [0.1, 0.15) is 22.0 Å². The fourth-order valence-electron chi connectivity index (χ4n) is 2.02. The summed E-state index contributed by atoms with van der Waals surface area (Å²) < 4.78 is 5.74. The average Bonchev–Trinajstić information content (AvgIpc) is 2.48. The third-order valence-corrected chi connectivity index (χ3v) is 2.91. The number of ketones is 1. The lowest BCUT2D eigenvalue weighted by Gasteiger charge is -2.09. The van der Waals surface area contributed by atoms with Gasteiger partial charge in [-0.3, -0.25) is 4.79 Å². The summed E-state index contributed by atoms with van der Waals surface area (Å²) in [4.78, 5) is 12.2. The summed E-state index contributed by atoms with van der Waals surface area (Å²) >= 11 is 0. The van der Waals surface area contributed by atoms with Gasteiger partial charge in [0.1, 0.15) is 11.5 Å². The van der Waals surface area contributed by atoms with E-state index < -0.39 is 6.04 Å². The number of nitrogens with two attached hydrogens (primary N) is 1. The van der Waals surface area contributed by atoms with Crippen LogP contribution in [-0.4, -0.2) is 5.78 Å². The van der Waals surface area contributed by atoms with Crippen molar-refractivity contribution in [3.05, 3.63) is 59.7 Å². The highest BCUT2D eigenvalue weighted by Gasteiger charge is 2.27. The summed E-state index contributed by atoms with van der Waals surface area (Å²) in [6, 6.07) is 13.9. The van der Waals surface area contributed by atoms with E-state index in [2.05, 4.69) is 0 Å². The molecule has 0 saturated carbocycles. The van der Waals surface area contributed by atoms with Crippen molar-refractivity contribution in [2.24, 2.45) is 5.73 Å². The average molecular weight is 262 g/mol. The molecule has 2 aromatic carbocycles. The van der Waals surface area contributed by atoms with Crippen molar-refractivity contribution >= 4 is 18.2 Å². The second-order valence-corrected chi connectivity index (χ2v) is 3.98. The van der Waals surface area contributed by atoms with Gasteiger partial charge < -0.3 is 10.5 Å². The van der Waals surface area contributed by atoms with Gasteiger partial charge in [0.15, 0.2) is 5.78 Å². The summed E-state index contributed by atoms with van der Waals surface area (Å²) in [5.74, 6) is 1.11. The highest BCUT2D eigenvalue weighted by molar-refractivity contribution is 6.03. The van der Waals surface area contributed by atoms with E-state index >= 15 is 0 Å². The molecule has 0 fully saturated rings. The van der Waals surface area contributed by atoms with E-state index in [0.717, 1.165) is 5.56 Å². The largest absolute Gasteiger partial charge is 0.456 e. The molecule has 0 aliphatic carbocycles. The molecule has 2 N–H and O–H groups in total. The molecule has 0 spiro atoms. The number of carbonyl (C=O) groups excluding carboxylic acids is 1. The maximum atomic E-state index is 12.2. The molecule has 92 valence electrons. The number of halogens is 1. The van der Waals surface area contributed by atoms with E-state index in [1.165, 1.54) is 0 Å². The lowest BCUT2D eigenvalue weighted by molar-refractivity contribution is 0.0962. The van der Waals surface area contributed by atoms with Gasteiger partial charge in [0, 0.05) is 5.56 Å². The minimum atomic E-state index is -0.658. The molecule has 1 heterocycles. The standard InChI is InChI=1S/C14H11NO2.ClH/c15-13-9-5-1-3-7-11(9)17-12-8-4-2-6-10(12)14(13)16;/h1-8,13H,15H2;1H. The Morgan fingerprint density at radius 3 is 2.33 bits per heavy atom. The number of hydrogen-bond donors (Lipinski definition) is 1. The summed E-state index contributed by atoms with van der Waals surface area (Å²) in [7, 11) is 0. The second-order valence-electron chi connectivity index (χ2n) is 3.98. The Morgan fingerprint density at radius 2 is 1.56 bits per heavy atom. The highest BCUT2D eigenvalue weighted by atomic mass is 35.5. The molecule has 1 atom stereocenters. The molecule has 1 unspecified atom stereocenters. The molecule has 2 aromatic rings. The number of rotatable bonds is 0. The van der Waals surface area contributed by atoms with Crippen molar-refractivity contribution < 1.29 is 9.53 Å². The molecule has 4 heteroatoms. The zero-order valence-electron chi connectivity index (χ0n) is 9.50. The number of ether oxygens (including phenoxy) is 1. The molecular formula is C14H12ClNO2. The predicted molar refractivity (Wildman–Crippen MR) is 71.5 cm³/mol. The van der Waals surface area contributed by atoms with Gasteiger partial charge in [-0.1, -0.05) is 30.3 Å². The molecule has 0 aromatic heterocycles. The quantitative estimate of drug-likeness (QED) is 0.793. The highest BCUT2D eigenvalue weighted by Crippen LogP contribution is 2.36. The zero-order valence-corrected chi connectivity index (χ0v) is 10.3. The fraction of sp³-hybridized carbons (Fsp3) is 0.0714. The summed E-state index contributed by atoms with van der Waals surface area (Å²) in [6.45, 7) is 0. The number of para-hydroxylation sites is 2. The molecule has 18 heavy (non-hydrogen) atoms. The van der Waals surface area contributed by atoms with Crippen LogP contribution in [0.25, 0.3) is 0 Å². The van der Waals surface area contributed by atoms with Crippen molar-refractivity contribution in [3.8, 4) is 11.5 Å². The van der Waals surface area contributed by atoms with E-state index in [4.69, 9.17) is 10.5 Å². The Kier molecular flexibility index (Phi) is 3.36. The SMILES string of the molecule is Cl.NC1C(=O)c2ccccc2Oc2ccccc21. The summed E-state index contributed by atoms with van der Waals surface area (Å²) in [5, 5.41) is 0. The van der Waals surface area contributed by atoms with Crippen LogP contribution < -0.4 is 10.5 Å². The number of benzene rings is 2. The lowest BCUT2D eigenvalue weighted by atomic mass is 9.98. The smallest absolute Gasteiger partial charge is 0.187 e. The van der Waals surface area contributed by atoms with Crippen LogP contribution in [0.3, 0.4) is 0 Å². The van der Waals surface area contributed by atoms with Crippen molar-refractivity contribution in [1.82, 2.24) is 0 Å². The van der Waals surface area contributed by atoms with Crippen LogP contribution in [0.4, 0.5) is 0 Å². The first-order valence-electron chi connectivity index (χ1n) is 5.43. The monoisotopic (exact) mass is 261 g/mol. The number of carbonyl (C=O) groups is 1. The minimum absolute atomic E-state index is 0. The van der Waals surface area contributed by atoms with Crippen molar-refractivity contribution in [2.75, 3.05) is 0 Å². The Hall–Kier alpha value is -1.84. The van der Waals surface area contributed by atoms with Crippen LogP contribution in [0, 0.1) is 0 Å². The molecule has 3 nitrogen and oxygen atoms in total. The molecule has 0 amide bonds. The lowest BCUT2D eigenvalue weighted by Crippen LogP contribution is -2.20. The number of fused-ring (bicyclic) bond motifs is 2. The Bertz CT molecular complexity index is 598. The van der Waals surface area contributed by atoms with Gasteiger partial charge in [-0.25, -0.2) is 0 Å². The maximum absolute atomic E-state index is 12.2. The minimum Gasteiger partial charge on any atom is -0.456 e. The second kappa shape index (κ2) is 4.80.